The fourth-order valence-corrected chi connectivity index (χ4v) is 7.45. The number of benzene rings is 2. The maximum atomic E-state index is 15.1. The van der Waals surface area contributed by atoms with Crippen LogP contribution >= 0.6 is 0 Å². The number of nitrogens with one attached hydrogen (secondary N) is 1. The molecule has 3 aliphatic rings. The standard InChI is InChI=1S/C37H31F6N3.CH5N/c1-3-31-23(2)28-8-4-6-10-32(28)45(31)26-16-12-24(13-17-26)35(36(38,39)40,37(41,42)43)25-14-18-27(19-15-25)46-33-11-7-5-9-29(33)30-22-44-21-20-34(30)46;1-2/h3,6-7,10-21,44H,1,4-5,8-9,22H2,2H3;2H2,1H3. The molecule has 4 nitrogen and oxygen atoms in total. The smallest absolute Gasteiger partial charge is 0.387 e. The van der Waals surface area contributed by atoms with Crippen molar-refractivity contribution >= 4 is 24.3 Å². The summed E-state index contributed by atoms with van der Waals surface area (Å²) in [4.78, 5) is 0. The van der Waals surface area contributed by atoms with Gasteiger partial charge in [0.05, 0.1) is 5.69 Å². The molecule has 10 heteroatoms. The number of rotatable bonds is 5. The van der Waals surface area contributed by atoms with Crippen molar-refractivity contribution in [3.63, 3.8) is 0 Å². The first-order chi connectivity index (χ1) is 23.0. The molecule has 0 spiro atoms. The van der Waals surface area contributed by atoms with Crippen LogP contribution in [-0.4, -0.2) is 28.5 Å². The van der Waals surface area contributed by atoms with E-state index in [2.05, 4.69) is 17.6 Å². The normalized spacial score (nSPS) is 15.2. The fourth-order valence-electron chi connectivity index (χ4n) is 7.45. The number of hydrogen-bond acceptors (Lipinski definition) is 2. The molecular formula is C38H36F6N4. The Hall–Kier alpha value is -4.70. The Labute approximate surface area is 275 Å². The summed E-state index contributed by atoms with van der Waals surface area (Å²) >= 11 is 0. The highest BCUT2D eigenvalue weighted by Gasteiger charge is 2.72. The van der Waals surface area contributed by atoms with Crippen LogP contribution in [0.2, 0.25) is 0 Å². The van der Waals surface area contributed by atoms with Crippen molar-refractivity contribution in [2.24, 2.45) is 5.73 Å². The number of halogens is 6. The van der Waals surface area contributed by atoms with Gasteiger partial charge in [0.25, 0.3) is 0 Å². The molecule has 2 aliphatic carbocycles. The number of fused-ring (bicyclic) bond motifs is 4. The first kappa shape index (κ1) is 33.2. The topological polar surface area (TPSA) is 47.9 Å². The number of nitrogens with zero attached hydrogens (tertiary/aromatic N) is 2. The zero-order valence-corrected chi connectivity index (χ0v) is 26.6. The molecule has 250 valence electrons. The van der Waals surface area contributed by atoms with E-state index in [1.54, 1.807) is 12.3 Å². The second-order valence-electron chi connectivity index (χ2n) is 11.9. The molecule has 0 saturated heterocycles. The molecule has 0 amide bonds. The highest BCUT2D eigenvalue weighted by atomic mass is 19.4. The third kappa shape index (κ3) is 4.96. The Bertz CT molecular complexity index is 1880. The minimum atomic E-state index is -5.69. The lowest BCUT2D eigenvalue weighted by molar-refractivity contribution is -0.288. The predicted molar refractivity (Wildman–Crippen MR) is 180 cm³/mol. The largest absolute Gasteiger partial charge is 0.411 e. The van der Waals surface area contributed by atoms with Gasteiger partial charge < -0.3 is 20.2 Å². The van der Waals surface area contributed by atoms with Crippen LogP contribution in [0.25, 0.3) is 35.7 Å². The van der Waals surface area contributed by atoms with Crippen LogP contribution in [0.4, 0.5) is 26.3 Å². The SMILES string of the molecule is C=Cc1c(C)c2c(n1-c1ccc(C(c3ccc(-n4c5c(c6c4C=CNC6)CCC=C5)cc3)(C(F)(F)F)C(F)(F)F)cc1)C=CCC2.CN. The zero-order valence-electron chi connectivity index (χ0n) is 26.6. The van der Waals surface area contributed by atoms with Crippen molar-refractivity contribution in [1.29, 1.82) is 0 Å². The molecule has 2 aromatic heterocycles. The van der Waals surface area contributed by atoms with Gasteiger partial charge >= 0.3 is 12.4 Å². The third-order valence-electron chi connectivity index (χ3n) is 9.56. The average molecular weight is 663 g/mol. The average Bonchev–Trinajstić information content (AvgIpc) is 3.57. The molecule has 48 heavy (non-hydrogen) atoms. The summed E-state index contributed by atoms with van der Waals surface area (Å²) in [5.41, 5.74) is 7.08. The Morgan fingerprint density at radius 2 is 1.17 bits per heavy atom. The van der Waals surface area contributed by atoms with E-state index in [1.807, 2.05) is 46.4 Å². The van der Waals surface area contributed by atoms with E-state index in [1.165, 1.54) is 31.3 Å². The van der Waals surface area contributed by atoms with Crippen LogP contribution in [0.3, 0.4) is 0 Å². The van der Waals surface area contributed by atoms with Gasteiger partial charge in [0.1, 0.15) is 0 Å². The van der Waals surface area contributed by atoms with E-state index in [4.69, 9.17) is 0 Å². The Balaban J connectivity index is 0.00000197. The molecule has 0 saturated carbocycles. The fraction of sp³-hybridized carbons (Fsp3) is 0.263. The van der Waals surface area contributed by atoms with Gasteiger partial charge in [-0.2, -0.15) is 26.3 Å². The van der Waals surface area contributed by atoms with Crippen molar-refractivity contribution in [3.05, 3.63) is 130 Å². The number of aromatic nitrogens is 2. The first-order valence-corrected chi connectivity index (χ1v) is 15.8. The molecule has 0 radical (unpaired) electrons. The molecule has 0 fully saturated rings. The lowest BCUT2D eigenvalue weighted by Gasteiger charge is -2.38. The molecule has 0 bridgehead atoms. The molecule has 2 aromatic carbocycles. The molecule has 7 rings (SSSR count). The van der Waals surface area contributed by atoms with Gasteiger partial charge in [0.15, 0.2) is 0 Å². The van der Waals surface area contributed by atoms with Crippen molar-refractivity contribution in [2.45, 2.75) is 56.9 Å². The number of allylic oxidation sites excluding steroid dienone is 2. The van der Waals surface area contributed by atoms with Gasteiger partial charge in [0.2, 0.25) is 5.41 Å². The van der Waals surface area contributed by atoms with E-state index < -0.39 is 28.9 Å². The van der Waals surface area contributed by atoms with Crippen molar-refractivity contribution in [1.82, 2.24) is 14.5 Å². The second kappa shape index (κ2) is 12.4. The van der Waals surface area contributed by atoms with Crippen LogP contribution in [-0.2, 0) is 24.8 Å². The molecule has 4 aromatic rings. The van der Waals surface area contributed by atoms with Gasteiger partial charge in [-0.3, -0.25) is 0 Å². The summed E-state index contributed by atoms with van der Waals surface area (Å²) in [6.07, 6.45) is 5.22. The minimum Gasteiger partial charge on any atom is -0.387 e. The van der Waals surface area contributed by atoms with E-state index in [-0.39, 0.29) is 0 Å². The lowest BCUT2D eigenvalue weighted by atomic mass is 9.73. The highest BCUT2D eigenvalue weighted by Crippen LogP contribution is 2.56. The summed E-state index contributed by atoms with van der Waals surface area (Å²) in [7, 11) is 1.50. The molecule has 0 unspecified atom stereocenters. The number of hydrogen-bond donors (Lipinski definition) is 2. The van der Waals surface area contributed by atoms with Crippen LogP contribution < -0.4 is 11.1 Å². The summed E-state index contributed by atoms with van der Waals surface area (Å²) in [5, 5.41) is 3.20. The van der Waals surface area contributed by atoms with E-state index in [0.717, 1.165) is 95.0 Å². The van der Waals surface area contributed by atoms with Gasteiger partial charge in [-0.1, -0.05) is 43.0 Å². The first-order valence-electron chi connectivity index (χ1n) is 15.8. The molecule has 1 aliphatic heterocycles. The van der Waals surface area contributed by atoms with Gasteiger partial charge in [-0.05, 0) is 122 Å². The van der Waals surface area contributed by atoms with Crippen molar-refractivity contribution in [2.75, 3.05) is 7.05 Å². The van der Waals surface area contributed by atoms with Crippen molar-refractivity contribution in [3.8, 4) is 11.4 Å². The summed E-state index contributed by atoms with van der Waals surface area (Å²) < 4.78 is 94.1. The van der Waals surface area contributed by atoms with Gasteiger partial charge in [0, 0.05) is 40.6 Å². The lowest BCUT2D eigenvalue weighted by Crippen LogP contribution is -2.54. The van der Waals surface area contributed by atoms with E-state index >= 15 is 26.3 Å². The predicted octanol–water partition coefficient (Wildman–Crippen LogP) is 9.20. The second-order valence-corrected chi connectivity index (χ2v) is 11.9. The Morgan fingerprint density at radius 3 is 1.69 bits per heavy atom. The summed E-state index contributed by atoms with van der Waals surface area (Å²) in [6.45, 7) is 6.45. The summed E-state index contributed by atoms with van der Waals surface area (Å²) in [6, 6.07) is 9.20. The molecular weight excluding hydrogens is 626 g/mol. The van der Waals surface area contributed by atoms with Crippen LogP contribution in [0.1, 0.15) is 69.0 Å². The Kier molecular flexibility index (Phi) is 8.57. The molecule has 3 heterocycles. The van der Waals surface area contributed by atoms with Crippen LogP contribution in [0.15, 0.2) is 73.5 Å². The zero-order chi connectivity index (χ0) is 34.4. The van der Waals surface area contributed by atoms with Crippen LogP contribution in [0.5, 0.6) is 0 Å². The van der Waals surface area contributed by atoms with Crippen molar-refractivity contribution < 1.29 is 26.3 Å². The Morgan fingerprint density at radius 1 is 0.688 bits per heavy atom. The van der Waals surface area contributed by atoms with Gasteiger partial charge in [-0.25, -0.2) is 0 Å². The van der Waals surface area contributed by atoms with Gasteiger partial charge in [-0.15, -0.1) is 0 Å². The maximum absolute atomic E-state index is 15.1. The molecule has 0 atom stereocenters. The van der Waals surface area contributed by atoms with Crippen LogP contribution in [0, 0.1) is 6.92 Å². The third-order valence-corrected chi connectivity index (χ3v) is 9.56. The number of nitrogens with two attached hydrogens (primary N) is 1. The highest BCUT2D eigenvalue weighted by molar-refractivity contribution is 5.70. The monoisotopic (exact) mass is 662 g/mol. The minimum absolute atomic E-state index is 0.459. The number of alkyl halides is 6. The summed E-state index contributed by atoms with van der Waals surface area (Å²) in [5.74, 6) is 0. The maximum Gasteiger partial charge on any atom is 0.411 e. The van der Waals surface area contributed by atoms with E-state index in [0.29, 0.717) is 17.9 Å². The molecule has 3 N–H and O–H groups in total. The quantitative estimate of drug-likeness (QED) is 0.210. The van der Waals surface area contributed by atoms with E-state index in [9.17, 15) is 0 Å².